The second kappa shape index (κ2) is 13.9. The Bertz CT molecular complexity index is 1740. The minimum atomic E-state index is -0.556. The van der Waals surface area contributed by atoms with Crippen molar-refractivity contribution in [1.82, 2.24) is 25.4 Å². The molecule has 5 fully saturated rings. The molecule has 4 bridgehead atoms. The van der Waals surface area contributed by atoms with E-state index < -0.39 is 6.29 Å². The average molecular weight is 680 g/mol. The van der Waals surface area contributed by atoms with E-state index in [1.165, 1.54) is 19.3 Å². The Morgan fingerprint density at radius 3 is 2.31 bits per heavy atom. The standard InChI is InChI=1S/C39H45N5O4S/c1-44-24-41-43-38(44)49-23-34-17-35(30-10-8-25(22-45)9-11-30)48-36(47-34)33-7-3-6-32(16-33)31-5-2-4-26(15-31)21-40-37(46)42-39-18-27-12-28(19-39)14-29(13-27)20-39/h2-11,15-16,24,27-29,34-36,45H,12-14,17-23H2,1H3,(H2,40,42,46)/t27?,28?,29?,34-,35+,36+,39?/m1/s1. The number of urea groups is 1. The van der Waals surface area contributed by atoms with Crippen LogP contribution >= 0.6 is 11.8 Å². The van der Waals surface area contributed by atoms with Gasteiger partial charge in [-0.15, -0.1) is 10.2 Å². The monoisotopic (exact) mass is 679 g/mol. The lowest BCUT2D eigenvalue weighted by Gasteiger charge is -2.56. The van der Waals surface area contributed by atoms with Crippen LogP contribution in [0.15, 0.2) is 84.3 Å². The van der Waals surface area contributed by atoms with Crippen LogP contribution in [0.2, 0.25) is 0 Å². The van der Waals surface area contributed by atoms with Gasteiger partial charge < -0.3 is 29.8 Å². The first kappa shape index (κ1) is 32.5. The maximum atomic E-state index is 13.1. The molecule has 0 unspecified atom stereocenters. The molecule has 3 N–H and O–H groups in total. The molecule has 49 heavy (non-hydrogen) atoms. The molecule has 2 heterocycles. The van der Waals surface area contributed by atoms with Crippen LogP contribution in [0.4, 0.5) is 4.79 Å². The number of aliphatic hydroxyl groups excluding tert-OH is 1. The van der Waals surface area contributed by atoms with E-state index in [2.05, 4.69) is 63.3 Å². The molecule has 9 nitrogen and oxygen atoms in total. The van der Waals surface area contributed by atoms with E-state index >= 15 is 0 Å². The average Bonchev–Trinajstić information content (AvgIpc) is 3.53. The number of thioether (sulfide) groups is 1. The van der Waals surface area contributed by atoms with Crippen molar-refractivity contribution in [2.24, 2.45) is 24.8 Å². The molecule has 1 aromatic heterocycles. The molecular formula is C39H45N5O4S. The topological polar surface area (TPSA) is 111 Å². The number of aryl methyl sites for hydroxylation is 1. The lowest BCUT2D eigenvalue weighted by atomic mass is 9.53. The highest BCUT2D eigenvalue weighted by Crippen LogP contribution is 2.55. The Kier molecular flexibility index (Phi) is 9.22. The molecule has 256 valence electrons. The zero-order valence-electron chi connectivity index (χ0n) is 28.0. The lowest BCUT2D eigenvalue weighted by Crippen LogP contribution is -2.61. The number of nitrogens with one attached hydrogen (secondary N) is 2. The molecule has 1 aliphatic heterocycles. The van der Waals surface area contributed by atoms with E-state index in [1.807, 2.05) is 41.9 Å². The maximum absolute atomic E-state index is 13.1. The number of hydrogen-bond donors (Lipinski definition) is 3. The minimum absolute atomic E-state index is 0.000591. The molecule has 4 aromatic rings. The first-order valence-corrected chi connectivity index (χ1v) is 18.6. The molecular weight excluding hydrogens is 635 g/mol. The molecule has 0 spiro atoms. The number of ether oxygens (including phenoxy) is 2. The number of aromatic nitrogens is 3. The maximum Gasteiger partial charge on any atom is 0.315 e. The normalized spacial score (nSPS) is 28.8. The van der Waals surface area contributed by atoms with E-state index in [0.29, 0.717) is 18.7 Å². The van der Waals surface area contributed by atoms with Crippen molar-refractivity contribution in [2.45, 2.75) is 87.3 Å². The zero-order chi connectivity index (χ0) is 33.4. The summed E-state index contributed by atoms with van der Waals surface area (Å²) in [5.74, 6) is 3.09. The van der Waals surface area contributed by atoms with E-state index in [4.69, 9.17) is 9.47 Å². The van der Waals surface area contributed by atoms with Gasteiger partial charge >= 0.3 is 6.03 Å². The van der Waals surface area contributed by atoms with Crippen LogP contribution in [0, 0.1) is 17.8 Å². The van der Waals surface area contributed by atoms with Crippen molar-refractivity contribution in [1.29, 1.82) is 0 Å². The SMILES string of the molecule is Cn1cnnc1SC[C@H]1C[C@@H](c2ccc(CO)cc2)O[C@@H](c2cccc(-c3cccc(CNC(=O)NC45CC6CC(CC(C6)C4)C5)c3)c2)O1. The van der Waals surface area contributed by atoms with Crippen LogP contribution < -0.4 is 10.6 Å². The fourth-order valence-electron chi connectivity index (χ4n) is 9.05. The van der Waals surface area contributed by atoms with Crippen LogP contribution in [-0.2, 0) is 29.7 Å². The molecule has 2 amide bonds. The highest BCUT2D eigenvalue weighted by atomic mass is 32.2. The van der Waals surface area contributed by atoms with Crippen molar-refractivity contribution in [3.05, 3.63) is 101 Å². The summed E-state index contributed by atoms with van der Waals surface area (Å²) in [6, 6.07) is 24.6. The van der Waals surface area contributed by atoms with Gasteiger partial charge in [-0.3, -0.25) is 0 Å². The van der Waals surface area contributed by atoms with Gasteiger partial charge in [0.15, 0.2) is 11.4 Å². The Morgan fingerprint density at radius 2 is 1.61 bits per heavy atom. The number of carbonyl (C=O) groups excluding carboxylic acids is 1. The summed E-state index contributed by atoms with van der Waals surface area (Å²) in [4.78, 5) is 13.1. The predicted octanol–water partition coefficient (Wildman–Crippen LogP) is 7.08. The van der Waals surface area contributed by atoms with Gasteiger partial charge in [0.25, 0.3) is 0 Å². The Labute approximate surface area is 292 Å². The van der Waals surface area contributed by atoms with Gasteiger partial charge in [0.05, 0.1) is 18.8 Å². The van der Waals surface area contributed by atoms with Crippen LogP contribution in [0.25, 0.3) is 11.1 Å². The summed E-state index contributed by atoms with van der Waals surface area (Å²) in [6.45, 7) is 0.482. The summed E-state index contributed by atoms with van der Waals surface area (Å²) >= 11 is 1.63. The Morgan fingerprint density at radius 1 is 0.898 bits per heavy atom. The highest BCUT2D eigenvalue weighted by Gasteiger charge is 2.51. The van der Waals surface area contributed by atoms with Crippen LogP contribution in [0.5, 0.6) is 0 Å². The second-order valence-electron chi connectivity index (χ2n) is 14.7. The third kappa shape index (κ3) is 7.29. The van der Waals surface area contributed by atoms with E-state index in [9.17, 15) is 9.90 Å². The lowest BCUT2D eigenvalue weighted by molar-refractivity contribution is -0.245. The molecule has 0 radical (unpaired) electrons. The van der Waals surface area contributed by atoms with Gasteiger partial charge in [-0.1, -0.05) is 72.4 Å². The largest absolute Gasteiger partial charge is 0.392 e. The highest BCUT2D eigenvalue weighted by molar-refractivity contribution is 7.99. The molecule has 10 heteroatoms. The fraction of sp³-hybridized carbons (Fsp3) is 0.462. The molecule has 3 aromatic carbocycles. The van der Waals surface area contributed by atoms with Gasteiger partial charge in [0.2, 0.25) is 0 Å². The number of carbonyl (C=O) groups is 1. The Hall–Kier alpha value is -3.70. The van der Waals surface area contributed by atoms with Crippen molar-refractivity contribution in [3.8, 4) is 11.1 Å². The third-order valence-corrected chi connectivity index (χ3v) is 12.1. The van der Waals surface area contributed by atoms with Crippen molar-refractivity contribution in [2.75, 3.05) is 5.75 Å². The summed E-state index contributed by atoms with van der Waals surface area (Å²) in [7, 11) is 1.94. The third-order valence-electron chi connectivity index (χ3n) is 11.0. The minimum Gasteiger partial charge on any atom is -0.392 e. The molecule has 3 atom stereocenters. The predicted molar refractivity (Wildman–Crippen MR) is 188 cm³/mol. The smallest absolute Gasteiger partial charge is 0.315 e. The molecule has 1 saturated heterocycles. The zero-order valence-corrected chi connectivity index (χ0v) is 28.8. The van der Waals surface area contributed by atoms with Crippen LogP contribution in [0.3, 0.4) is 0 Å². The van der Waals surface area contributed by atoms with Crippen LogP contribution in [0.1, 0.15) is 79.6 Å². The quantitative estimate of drug-likeness (QED) is 0.154. The molecule has 9 rings (SSSR count). The van der Waals surface area contributed by atoms with Gasteiger partial charge in [0.1, 0.15) is 6.33 Å². The summed E-state index contributed by atoms with van der Waals surface area (Å²) < 4.78 is 15.1. The van der Waals surface area contributed by atoms with E-state index in [1.54, 1.807) is 18.1 Å². The number of amides is 2. The second-order valence-corrected chi connectivity index (χ2v) is 15.7. The first-order valence-electron chi connectivity index (χ1n) is 17.6. The van der Waals surface area contributed by atoms with Crippen LogP contribution in [-0.4, -0.2) is 43.3 Å². The molecule has 5 aliphatic rings. The van der Waals surface area contributed by atoms with Gasteiger partial charge in [0, 0.05) is 36.9 Å². The summed E-state index contributed by atoms with van der Waals surface area (Å²) in [5, 5.41) is 25.2. The first-order chi connectivity index (χ1) is 23.9. The number of nitrogens with zero attached hydrogens (tertiary/aromatic N) is 3. The summed E-state index contributed by atoms with van der Waals surface area (Å²) in [5.41, 5.74) is 6.06. The fourth-order valence-corrected chi connectivity index (χ4v) is 9.96. The number of aliphatic hydroxyl groups is 1. The molecule has 4 aliphatic carbocycles. The number of hydrogen-bond acceptors (Lipinski definition) is 7. The van der Waals surface area contributed by atoms with Crippen molar-refractivity contribution in [3.63, 3.8) is 0 Å². The van der Waals surface area contributed by atoms with Gasteiger partial charge in [-0.2, -0.15) is 0 Å². The van der Waals surface area contributed by atoms with E-state index in [0.717, 1.165) is 75.6 Å². The summed E-state index contributed by atoms with van der Waals surface area (Å²) in [6.07, 6.45) is 9.11. The number of rotatable bonds is 10. The van der Waals surface area contributed by atoms with Gasteiger partial charge in [-0.25, -0.2) is 4.79 Å². The van der Waals surface area contributed by atoms with Crippen molar-refractivity contribution < 1.29 is 19.4 Å². The van der Waals surface area contributed by atoms with E-state index in [-0.39, 0.29) is 30.4 Å². The number of benzene rings is 3. The van der Waals surface area contributed by atoms with Crippen molar-refractivity contribution >= 4 is 17.8 Å². The van der Waals surface area contributed by atoms with Gasteiger partial charge in [-0.05, 0) is 96.2 Å². The molecule has 4 saturated carbocycles. The Balaban J connectivity index is 0.952.